The van der Waals surface area contributed by atoms with Crippen LogP contribution in [0.25, 0.3) is 0 Å². The Labute approximate surface area is 96.0 Å². The molecule has 17 heavy (non-hydrogen) atoms. The van der Waals surface area contributed by atoms with Crippen molar-refractivity contribution in [2.45, 2.75) is 18.6 Å². The molecule has 0 saturated heterocycles. The number of carboxylic acid groups (broad SMARTS) is 1. The highest BCUT2D eigenvalue weighted by Crippen LogP contribution is 2.26. The van der Waals surface area contributed by atoms with Crippen LogP contribution in [0.5, 0.6) is 0 Å². The standard InChI is InChI=1S/C11H12F3NO2/c12-11(13,14)9(15)8(10(16)17)6-7-4-2-1-3-5-7/h1-5,8-9H,6,15H2,(H,16,17). The fourth-order valence-electron chi connectivity index (χ4n) is 1.46. The molecule has 3 nitrogen and oxygen atoms in total. The van der Waals surface area contributed by atoms with Crippen molar-refractivity contribution in [2.75, 3.05) is 0 Å². The summed E-state index contributed by atoms with van der Waals surface area (Å²) < 4.78 is 37.1. The molecular weight excluding hydrogens is 235 g/mol. The van der Waals surface area contributed by atoms with Crippen molar-refractivity contribution in [3.63, 3.8) is 0 Å². The van der Waals surface area contributed by atoms with E-state index in [4.69, 9.17) is 10.8 Å². The van der Waals surface area contributed by atoms with Crippen LogP contribution < -0.4 is 5.73 Å². The number of halogens is 3. The minimum absolute atomic E-state index is 0.239. The number of hydrogen-bond acceptors (Lipinski definition) is 2. The number of benzene rings is 1. The van der Waals surface area contributed by atoms with Crippen LogP contribution in [-0.4, -0.2) is 23.3 Å². The van der Waals surface area contributed by atoms with Gasteiger partial charge in [-0.15, -0.1) is 0 Å². The van der Waals surface area contributed by atoms with Crippen LogP contribution >= 0.6 is 0 Å². The van der Waals surface area contributed by atoms with E-state index >= 15 is 0 Å². The van der Waals surface area contributed by atoms with E-state index in [9.17, 15) is 18.0 Å². The lowest BCUT2D eigenvalue weighted by Gasteiger charge is -2.22. The van der Waals surface area contributed by atoms with Crippen molar-refractivity contribution in [3.05, 3.63) is 35.9 Å². The van der Waals surface area contributed by atoms with Gasteiger partial charge in [-0.2, -0.15) is 13.2 Å². The molecule has 0 aliphatic carbocycles. The highest BCUT2D eigenvalue weighted by Gasteiger charge is 2.44. The SMILES string of the molecule is NC(C(Cc1ccccc1)C(=O)O)C(F)(F)F. The molecule has 3 N–H and O–H groups in total. The summed E-state index contributed by atoms with van der Waals surface area (Å²) in [6, 6.07) is 5.74. The lowest BCUT2D eigenvalue weighted by Crippen LogP contribution is -2.47. The number of hydrogen-bond donors (Lipinski definition) is 2. The van der Waals surface area contributed by atoms with Gasteiger partial charge in [-0.1, -0.05) is 30.3 Å². The molecule has 0 aliphatic rings. The number of alkyl halides is 3. The molecule has 1 aromatic carbocycles. The third kappa shape index (κ3) is 3.74. The van der Waals surface area contributed by atoms with E-state index in [-0.39, 0.29) is 6.42 Å². The third-order valence-corrected chi connectivity index (χ3v) is 2.43. The predicted molar refractivity (Wildman–Crippen MR) is 55.3 cm³/mol. The Hall–Kier alpha value is -1.56. The average molecular weight is 247 g/mol. The molecule has 1 aromatic rings. The van der Waals surface area contributed by atoms with E-state index in [0.717, 1.165) is 0 Å². The van der Waals surface area contributed by atoms with Crippen LogP contribution in [0, 0.1) is 5.92 Å². The first-order valence-corrected chi connectivity index (χ1v) is 4.91. The van der Waals surface area contributed by atoms with Gasteiger partial charge < -0.3 is 10.8 Å². The summed E-state index contributed by atoms with van der Waals surface area (Å²) in [6.45, 7) is 0. The summed E-state index contributed by atoms with van der Waals surface area (Å²) in [5.74, 6) is -3.21. The Morgan fingerprint density at radius 2 is 1.82 bits per heavy atom. The topological polar surface area (TPSA) is 63.3 Å². The van der Waals surface area contributed by atoms with Crippen LogP contribution in [0.4, 0.5) is 13.2 Å². The van der Waals surface area contributed by atoms with E-state index in [2.05, 4.69) is 0 Å². The van der Waals surface area contributed by atoms with Crippen molar-refractivity contribution in [3.8, 4) is 0 Å². The van der Waals surface area contributed by atoms with Gasteiger partial charge >= 0.3 is 12.1 Å². The van der Waals surface area contributed by atoms with E-state index in [1.54, 1.807) is 30.3 Å². The molecule has 2 atom stereocenters. The van der Waals surface area contributed by atoms with Gasteiger partial charge in [0.1, 0.15) is 6.04 Å². The molecule has 2 unspecified atom stereocenters. The smallest absolute Gasteiger partial charge is 0.404 e. The summed E-state index contributed by atoms with van der Waals surface area (Å²) in [4.78, 5) is 10.8. The molecule has 94 valence electrons. The van der Waals surface area contributed by atoms with Crippen LogP contribution in [0.15, 0.2) is 30.3 Å². The fourth-order valence-corrected chi connectivity index (χ4v) is 1.46. The molecule has 1 rings (SSSR count). The average Bonchev–Trinajstić information content (AvgIpc) is 2.24. The second kappa shape index (κ2) is 5.18. The van der Waals surface area contributed by atoms with Crippen molar-refractivity contribution < 1.29 is 23.1 Å². The van der Waals surface area contributed by atoms with Gasteiger partial charge in [-0.3, -0.25) is 4.79 Å². The quantitative estimate of drug-likeness (QED) is 0.853. The molecule has 0 saturated carbocycles. The second-order valence-corrected chi connectivity index (χ2v) is 3.70. The van der Waals surface area contributed by atoms with Gasteiger partial charge in [0.05, 0.1) is 5.92 Å². The maximum Gasteiger partial charge on any atom is 0.404 e. The van der Waals surface area contributed by atoms with E-state index in [1.807, 2.05) is 0 Å². The normalized spacial score (nSPS) is 15.3. The van der Waals surface area contributed by atoms with Crippen molar-refractivity contribution in [1.82, 2.24) is 0 Å². The van der Waals surface area contributed by atoms with Gasteiger partial charge in [0, 0.05) is 0 Å². The van der Waals surface area contributed by atoms with E-state index < -0.39 is 24.1 Å². The van der Waals surface area contributed by atoms with Gasteiger partial charge in [-0.05, 0) is 12.0 Å². The summed E-state index contributed by atoms with van der Waals surface area (Å²) in [5.41, 5.74) is 5.45. The number of nitrogens with two attached hydrogens (primary N) is 1. The molecule has 0 bridgehead atoms. The fraction of sp³-hybridized carbons (Fsp3) is 0.364. The first kappa shape index (κ1) is 13.5. The molecule has 0 aliphatic heterocycles. The van der Waals surface area contributed by atoms with Crippen molar-refractivity contribution >= 4 is 5.97 Å². The molecule has 0 radical (unpaired) electrons. The first-order chi connectivity index (χ1) is 7.82. The molecule has 0 heterocycles. The monoisotopic (exact) mass is 247 g/mol. The summed E-state index contributed by atoms with van der Waals surface area (Å²) >= 11 is 0. The van der Waals surface area contributed by atoms with Gasteiger partial charge in [0.15, 0.2) is 0 Å². The van der Waals surface area contributed by atoms with Crippen LogP contribution in [0.2, 0.25) is 0 Å². The Kier molecular flexibility index (Phi) is 4.11. The Balaban J connectivity index is 2.85. The van der Waals surface area contributed by atoms with Gasteiger partial charge in [0.2, 0.25) is 0 Å². The Bertz CT molecular complexity index is 378. The van der Waals surface area contributed by atoms with Crippen LogP contribution in [0.3, 0.4) is 0 Å². The molecule has 0 spiro atoms. The minimum atomic E-state index is -4.71. The van der Waals surface area contributed by atoms with Crippen LogP contribution in [-0.2, 0) is 11.2 Å². The zero-order valence-corrected chi connectivity index (χ0v) is 8.82. The zero-order chi connectivity index (χ0) is 13.1. The highest BCUT2D eigenvalue weighted by molar-refractivity contribution is 5.71. The molecule has 0 fully saturated rings. The largest absolute Gasteiger partial charge is 0.481 e. The third-order valence-electron chi connectivity index (χ3n) is 2.43. The number of carbonyl (C=O) groups is 1. The van der Waals surface area contributed by atoms with Crippen molar-refractivity contribution in [2.24, 2.45) is 11.7 Å². The maximum atomic E-state index is 12.4. The summed E-state index contributed by atoms with van der Waals surface area (Å²) in [5, 5.41) is 8.79. The summed E-state index contributed by atoms with van der Waals surface area (Å²) in [7, 11) is 0. The zero-order valence-electron chi connectivity index (χ0n) is 8.82. The minimum Gasteiger partial charge on any atom is -0.481 e. The Morgan fingerprint density at radius 3 is 2.24 bits per heavy atom. The molecular formula is C11H12F3NO2. The second-order valence-electron chi connectivity index (χ2n) is 3.70. The predicted octanol–water partition coefficient (Wildman–Crippen LogP) is 1.82. The summed E-state index contributed by atoms with van der Waals surface area (Å²) in [6.07, 6.45) is -4.95. The molecule has 0 amide bonds. The molecule has 6 heteroatoms. The van der Waals surface area contributed by atoms with E-state index in [1.165, 1.54) is 0 Å². The first-order valence-electron chi connectivity index (χ1n) is 4.91. The van der Waals surface area contributed by atoms with Crippen molar-refractivity contribution in [1.29, 1.82) is 0 Å². The van der Waals surface area contributed by atoms with E-state index in [0.29, 0.717) is 5.56 Å². The lowest BCUT2D eigenvalue weighted by molar-refractivity contribution is -0.172. The Morgan fingerprint density at radius 1 is 1.29 bits per heavy atom. The molecule has 0 aromatic heterocycles. The number of carboxylic acids is 1. The number of rotatable bonds is 4. The maximum absolute atomic E-state index is 12.4. The lowest BCUT2D eigenvalue weighted by atomic mass is 9.92. The highest BCUT2D eigenvalue weighted by atomic mass is 19.4. The van der Waals surface area contributed by atoms with Gasteiger partial charge in [-0.25, -0.2) is 0 Å². The van der Waals surface area contributed by atoms with Gasteiger partial charge in [0.25, 0.3) is 0 Å². The number of aliphatic carboxylic acids is 1. The van der Waals surface area contributed by atoms with Crippen LogP contribution in [0.1, 0.15) is 5.56 Å².